The zero-order valence-electron chi connectivity index (χ0n) is 15.1. The molecule has 0 radical (unpaired) electrons. The van der Waals surface area contributed by atoms with Crippen molar-refractivity contribution in [1.29, 1.82) is 0 Å². The van der Waals surface area contributed by atoms with Crippen LogP contribution in [0.4, 0.5) is 10.1 Å². The van der Waals surface area contributed by atoms with Crippen LogP contribution in [0.1, 0.15) is 9.67 Å². The first-order chi connectivity index (χ1) is 13.7. The van der Waals surface area contributed by atoms with E-state index in [0.29, 0.717) is 22.0 Å². The van der Waals surface area contributed by atoms with Crippen molar-refractivity contribution < 1.29 is 13.9 Å². The zero-order valence-corrected chi connectivity index (χ0v) is 15.9. The summed E-state index contributed by atoms with van der Waals surface area (Å²) in [6, 6.07) is 17.4. The van der Waals surface area contributed by atoms with Crippen LogP contribution >= 0.6 is 11.3 Å². The zero-order chi connectivity index (χ0) is 19.5. The van der Waals surface area contributed by atoms with Crippen molar-refractivity contribution >= 4 is 22.9 Å². The van der Waals surface area contributed by atoms with Crippen molar-refractivity contribution in [2.75, 3.05) is 12.4 Å². The predicted molar refractivity (Wildman–Crippen MR) is 110 cm³/mol. The molecule has 4 rings (SSSR count). The van der Waals surface area contributed by atoms with E-state index in [-0.39, 0.29) is 11.7 Å². The molecule has 1 N–H and O–H groups in total. The van der Waals surface area contributed by atoms with Crippen LogP contribution in [0, 0.1) is 5.82 Å². The van der Waals surface area contributed by atoms with E-state index in [1.54, 1.807) is 25.3 Å². The summed E-state index contributed by atoms with van der Waals surface area (Å²) in [5.41, 5.74) is 2.82. The van der Waals surface area contributed by atoms with Gasteiger partial charge in [-0.3, -0.25) is 4.79 Å². The van der Waals surface area contributed by atoms with Crippen molar-refractivity contribution in [1.82, 2.24) is 4.57 Å². The lowest BCUT2D eigenvalue weighted by Crippen LogP contribution is -2.13. The lowest BCUT2D eigenvalue weighted by molar-refractivity contribution is 0.103. The Morgan fingerprint density at radius 3 is 2.61 bits per heavy atom. The Bertz CT molecular complexity index is 1120. The molecule has 140 valence electrons. The molecule has 0 aliphatic rings. The van der Waals surface area contributed by atoms with E-state index in [1.807, 2.05) is 52.7 Å². The smallest absolute Gasteiger partial charge is 0.268 e. The van der Waals surface area contributed by atoms with Gasteiger partial charge in [-0.25, -0.2) is 4.39 Å². The standard InChI is InChI=1S/C22H17FN2O2S/c1-27-19-10-3-2-9-18(19)24-22(26)21-20(25-11-4-5-12-25)17(14-28-21)15-7-6-8-16(23)13-15/h2-14H,1H3,(H,24,26). The largest absolute Gasteiger partial charge is 0.495 e. The van der Waals surface area contributed by atoms with Crippen molar-refractivity contribution in [3.05, 3.63) is 89.1 Å². The van der Waals surface area contributed by atoms with Gasteiger partial charge in [0.25, 0.3) is 5.91 Å². The Balaban J connectivity index is 1.78. The molecule has 2 aromatic carbocycles. The maximum atomic E-state index is 13.8. The number of hydrogen-bond acceptors (Lipinski definition) is 3. The minimum atomic E-state index is -0.317. The van der Waals surface area contributed by atoms with Crippen LogP contribution in [0.25, 0.3) is 16.8 Å². The highest BCUT2D eigenvalue weighted by atomic mass is 32.1. The predicted octanol–water partition coefficient (Wildman–Crippen LogP) is 5.61. The maximum absolute atomic E-state index is 13.8. The van der Waals surface area contributed by atoms with E-state index >= 15 is 0 Å². The first-order valence-electron chi connectivity index (χ1n) is 8.62. The summed E-state index contributed by atoms with van der Waals surface area (Å²) >= 11 is 1.32. The Morgan fingerprint density at radius 2 is 1.86 bits per heavy atom. The van der Waals surface area contributed by atoms with E-state index in [4.69, 9.17) is 4.74 Å². The number of nitrogens with one attached hydrogen (secondary N) is 1. The fourth-order valence-corrected chi connectivity index (χ4v) is 4.01. The molecule has 0 aliphatic carbocycles. The number of benzene rings is 2. The van der Waals surface area contributed by atoms with Gasteiger partial charge >= 0.3 is 0 Å². The molecule has 0 saturated carbocycles. The Hall–Kier alpha value is -3.38. The third kappa shape index (κ3) is 3.42. The molecular formula is C22H17FN2O2S. The number of thiophene rings is 1. The van der Waals surface area contributed by atoms with E-state index in [1.165, 1.54) is 23.5 Å². The maximum Gasteiger partial charge on any atom is 0.268 e. The quantitative estimate of drug-likeness (QED) is 0.480. The Morgan fingerprint density at radius 1 is 1.07 bits per heavy atom. The number of nitrogens with zero attached hydrogens (tertiary/aromatic N) is 1. The SMILES string of the molecule is COc1ccccc1NC(=O)c1scc(-c2cccc(F)c2)c1-n1cccc1. The molecule has 0 aliphatic heterocycles. The molecule has 6 heteroatoms. The molecule has 2 aromatic heterocycles. The molecule has 28 heavy (non-hydrogen) atoms. The van der Waals surface area contributed by atoms with Gasteiger partial charge in [-0.15, -0.1) is 11.3 Å². The number of anilines is 1. The lowest BCUT2D eigenvalue weighted by Gasteiger charge is -2.12. The second-order valence-electron chi connectivity index (χ2n) is 6.08. The second-order valence-corrected chi connectivity index (χ2v) is 6.96. The van der Waals surface area contributed by atoms with Crippen molar-refractivity contribution in [2.45, 2.75) is 0 Å². The van der Waals surface area contributed by atoms with Gasteiger partial charge in [0.1, 0.15) is 16.4 Å². The fraction of sp³-hybridized carbons (Fsp3) is 0.0455. The average Bonchev–Trinajstić information content (AvgIpc) is 3.37. The molecule has 0 spiro atoms. The van der Waals surface area contributed by atoms with Crippen LogP contribution in [0.2, 0.25) is 0 Å². The summed E-state index contributed by atoms with van der Waals surface area (Å²) in [4.78, 5) is 13.6. The van der Waals surface area contributed by atoms with Gasteiger partial charge in [0, 0.05) is 23.3 Å². The summed E-state index contributed by atoms with van der Waals surface area (Å²) in [6.07, 6.45) is 3.73. The highest BCUT2D eigenvalue weighted by Gasteiger charge is 2.21. The molecule has 0 unspecified atom stereocenters. The van der Waals surface area contributed by atoms with E-state index in [2.05, 4.69) is 5.32 Å². The normalized spacial score (nSPS) is 10.6. The minimum absolute atomic E-state index is 0.249. The number of ether oxygens (including phenoxy) is 1. The number of rotatable bonds is 5. The van der Waals surface area contributed by atoms with E-state index < -0.39 is 0 Å². The summed E-state index contributed by atoms with van der Waals surface area (Å²) in [6.45, 7) is 0. The number of aromatic nitrogens is 1. The van der Waals surface area contributed by atoms with Crippen LogP contribution in [0.15, 0.2) is 78.4 Å². The van der Waals surface area contributed by atoms with Gasteiger partial charge in [0.15, 0.2) is 0 Å². The van der Waals surface area contributed by atoms with Crippen molar-refractivity contribution in [2.24, 2.45) is 0 Å². The Kier molecular flexibility index (Phi) is 4.95. The topological polar surface area (TPSA) is 43.3 Å². The number of para-hydroxylation sites is 2. The average molecular weight is 392 g/mol. The van der Waals surface area contributed by atoms with Crippen molar-refractivity contribution in [3.8, 4) is 22.6 Å². The second kappa shape index (κ2) is 7.70. The van der Waals surface area contributed by atoms with Gasteiger partial charge in [0.2, 0.25) is 0 Å². The molecule has 0 saturated heterocycles. The van der Waals surface area contributed by atoms with E-state index in [0.717, 1.165) is 11.1 Å². The third-order valence-electron chi connectivity index (χ3n) is 4.32. The summed E-state index contributed by atoms with van der Waals surface area (Å²) in [5.74, 6) is 0.0170. The third-order valence-corrected chi connectivity index (χ3v) is 5.29. The van der Waals surface area contributed by atoms with Gasteiger partial charge in [-0.1, -0.05) is 24.3 Å². The Labute approximate surface area is 165 Å². The molecule has 2 heterocycles. The molecule has 4 aromatic rings. The highest BCUT2D eigenvalue weighted by molar-refractivity contribution is 7.13. The first-order valence-corrected chi connectivity index (χ1v) is 9.50. The molecule has 1 amide bonds. The number of hydrogen-bond donors (Lipinski definition) is 1. The van der Waals surface area contributed by atoms with Crippen LogP contribution in [0.5, 0.6) is 5.75 Å². The fourth-order valence-electron chi connectivity index (χ4n) is 3.04. The summed E-state index contributed by atoms with van der Waals surface area (Å²) in [7, 11) is 1.56. The lowest BCUT2D eigenvalue weighted by atomic mass is 10.1. The highest BCUT2D eigenvalue weighted by Crippen LogP contribution is 2.36. The van der Waals surface area contributed by atoms with Crippen LogP contribution in [-0.2, 0) is 0 Å². The number of carbonyl (C=O) groups excluding carboxylic acids is 1. The van der Waals surface area contributed by atoms with Crippen LogP contribution in [0.3, 0.4) is 0 Å². The van der Waals surface area contributed by atoms with Gasteiger partial charge in [0.05, 0.1) is 18.5 Å². The number of halogens is 1. The minimum Gasteiger partial charge on any atom is -0.495 e. The van der Waals surface area contributed by atoms with Gasteiger partial charge < -0.3 is 14.6 Å². The summed E-state index contributed by atoms with van der Waals surface area (Å²) < 4.78 is 20.9. The van der Waals surface area contributed by atoms with E-state index in [9.17, 15) is 9.18 Å². The van der Waals surface area contributed by atoms with Crippen LogP contribution < -0.4 is 10.1 Å². The molecular weight excluding hydrogens is 375 g/mol. The van der Waals surface area contributed by atoms with Crippen molar-refractivity contribution in [3.63, 3.8) is 0 Å². The molecule has 4 nitrogen and oxygen atoms in total. The summed E-state index contributed by atoms with van der Waals surface area (Å²) in [5, 5.41) is 4.79. The number of carbonyl (C=O) groups is 1. The molecule has 0 fully saturated rings. The number of amides is 1. The molecule has 0 atom stereocenters. The molecule has 0 bridgehead atoms. The van der Waals surface area contributed by atoms with Crippen LogP contribution in [-0.4, -0.2) is 17.6 Å². The van der Waals surface area contributed by atoms with Gasteiger partial charge in [-0.05, 0) is 42.0 Å². The monoisotopic (exact) mass is 392 g/mol. The van der Waals surface area contributed by atoms with Gasteiger partial charge in [-0.2, -0.15) is 0 Å². The number of methoxy groups -OCH3 is 1. The first kappa shape index (κ1) is 18.0.